The molecule has 8 nitrogen and oxygen atoms in total. The van der Waals surface area contributed by atoms with Gasteiger partial charge in [-0.25, -0.2) is 8.42 Å². The number of anilines is 1. The number of amides is 1. The van der Waals surface area contributed by atoms with Crippen LogP contribution in [0.1, 0.15) is 5.56 Å². The van der Waals surface area contributed by atoms with E-state index < -0.39 is 22.0 Å². The largest absolute Gasteiger partial charge is 0.493 e. The Kier molecular flexibility index (Phi) is 8.62. The monoisotopic (exact) mass is 532 g/mol. The molecule has 38 heavy (non-hydrogen) atoms. The van der Waals surface area contributed by atoms with Gasteiger partial charge in [-0.05, 0) is 48.4 Å². The zero-order chi connectivity index (χ0) is 27.0. The van der Waals surface area contributed by atoms with E-state index in [9.17, 15) is 13.2 Å². The van der Waals surface area contributed by atoms with E-state index in [1.807, 2.05) is 48.5 Å². The van der Waals surface area contributed by atoms with E-state index in [-0.39, 0.29) is 17.1 Å². The Balaban J connectivity index is 1.61. The summed E-state index contributed by atoms with van der Waals surface area (Å²) in [6, 6.07) is 28.4. The maximum absolute atomic E-state index is 13.5. The second-order valence-corrected chi connectivity index (χ2v) is 9.99. The summed E-state index contributed by atoms with van der Waals surface area (Å²) in [7, 11) is -1.23. The van der Waals surface area contributed by atoms with Gasteiger partial charge in [0.2, 0.25) is 15.9 Å². The lowest BCUT2D eigenvalue weighted by Crippen LogP contribution is -2.45. The van der Waals surface area contributed by atoms with Crippen LogP contribution in [0, 0.1) is 0 Å². The zero-order valence-electron chi connectivity index (χ0n) is 21.0. The van der Waals surface area contributed by atoms with Crippen molar-refractivity contribution in [2.24, 2.45) is 0 Å². The van der Waals surface area contributed by atoms with E-state index in [1.165, 1.54) is 32.4 Å². The molecular weight excluding hydrogens is 504 g/mol. The van der Waals surface area contributed by atoms with E-state index in [2.05, 4.69) is 10.0 Å². The molecule has 0 spiro atoms. The van der Waals surface area contributed by atoms with E-state index >= 15 is 0 Å². The Labute approximate surface area is 222 Å². The predicted octanol–water partition coefficient (Wildman–Crippen LogP) is 5.02. The number of carbonyl (C=O) groups is 1. The summed E-state index contributed by atoms with van der Waals surface area (Å²) in [6.45, 7) is 0. The molecule has 0 aliphatic rings. The first kappa shape index (κ1) is 26.7. The van der Waals surface area contributed by atoms with Crippen LogP contribution >= 0.6 is 0 Å². The van der Waals surface area contributed by atoms with Crippen LogP contribution in [0.2, 0.25) is 0 Å². The number of hydrogen-bond acceptors (Lipinski definition) is 6. The number of benzene rings is 4. The topological polar surface area (TPSA) is 103 Å². The van der Waals surface area contributed by atoms with E-state index in [4.69, 9.17) is 14.2 Å². The molecule has 0 fully saturated rings. The van der Waals surface area contributed by atoms with Crippen molar-refractivity contribution in [1.29, 1.82) is 0 Å². The molecule has 0 aliphatic carbocycles. The Morgan fingerprint density at radius 1 is 0.763 bits per heavy atom. The normalized spacial score (nSPS) is 11.8. The molecule has 4 aromatic rings. The fraction of sp³-hybridized carbons (Fsp3) is 0.138. The van der Waals surface area contributed by atoms with E-state index in [0.717, 1.165) is 5.56 Å². The summed E-state index contributed by atoms with van der Waals surface area (Å²) in [5.74, 6) is 1.13. The van der Waals surface area contributed by atoms with Gasteiger partial charge in [0.25, 0.3) is 0 Å². The number of hydrogen-bond donors (Lipinski definition) is 2. The minimum Gasteiger partial charge on any atom is -0.493 e. The van der Waals surface area contributed by atoms with Crippen molar-refractivity contribution >= 4 is 21.6 Å². The van der Waals surface area contributed by atoms with Gasteiger partial charge in [-0.2, -0.15) is 4.72 Å². The van der Waals surface area contributed by atoms with E-state index in [0.29, 0.717) is 22.9 Å². The zero-order valence-corrected chi connectivity index (χ0v) is 21.8. The molecule has 4 rings (SSSR count). The van der Waals surface area contributed by atoms with Crippen molar-refractivity contribution in [2.45, 2.75) is 17.4 Å². The quantitative estimate of drug-likeness (QED) is 0.281. The number of para-hydroxylation sites is 3. The molecule has 2 N–H and O–H groups in total. The fourth-order valence-electron chi connectivity index (χ4n) is 3.77. The predicted molar refractivity (Wildman–Crippen MR) is 145 cm³/mol. The van der Waals surface area contributed by atoms with Crippen molar-refractivity contribution in [3.05, 3.63) is 109 Å². The minimum absolute atomic E-state index is 0.0613. The molecule has 9 heteroatoms. The van der Waals surface area contributed by atoms with Crippen LogP contribution in [0.4, 0.5) is 5.69 Å². The Hall–Kier alpha value is -4.34. The first-order valence-electron chi connectivity index (χ1n) is 11.8. The van der Waals surface area contributed by atoms with Gasteiger partial charge < -0.3 is 19.5 Å². The first-order chi connectivity index (χ1) is 18.4. The molecule has 0 saturated carbocycles. The molecule has 0 unspecified atom stereocenters. The first-order valence-corrected chi connectivity index (χ1v) is 13.3. The molecule has 0 bridgehead atoms. The summed E-state index contributed by atoms with van der Waals surface area (Å²) in [5.41, 5.74) is 1.20. The average molecular weight is 533 g/mol. The van der Waals surface area contributed by atoms with Crippen molar-refractivity contribution in [3.63, 3.8) is 0 Å². The molecule has 0 aliphatic heterocycles. The van der Waals surface area contributed by atoms with Crippen molar-refractivity contribution in [3.8, 4) is 23.0 Å². The van der Waals surface area contributed by atoms with Crippen LogP contribution in [0.15, 0.2) is 108 Å². The third-order valence-electron chi connectivity index (χ3n) is 5.68. The highest BCUT2D eigenvalue weighted by atomic mass is 32.2. The van der Waals surface area contributed by atoms with Crippen molar-refractivity contribution in [2.75, 3.05) is 19.5 Å². The van der Waals surface area contributed by atoms with Gasteiger partial charge in [0.1, 0.15) is 11.8 Å². The molecule has 0 radical (unpaired) electrons. The summed E-state index contributed by atoms with van der Waals surface area (Å²) >= 11 is 0. The van der Waals surface area contributed by atoms with Crippen LogP contribution in [0.25, 0.3) is 0 Å². The molecular formula is C29H28N2O6S. The average Bonchev–Trinajstić information content (AvgIpc) is 2.94. The van der Waals surface area contributed by atoms with Gasteiger partial charge in [0.05, 0.1) is 24.8 Å². The second kappa shape index (κ2) is 12.3. The SMILES string of the molecule is COc1ccc(S(=O)(=O)N[C@H](Cc2ccccc2)C(=O)Nc2ccccc2Oc2ccccc2)cc1OC. The number of ether oxygens (including phenoxy) is 3. The third-order valence-corrected chi connectivity index (χ3v) is 7.15. The van der Waals surface area contributed by atoms with Gasteiger partial charge in [-0.3, -0.25) is 4.79 Å². The Morgan fingerprint density at radius 2 is 1.39 bits per heavy atom. The van der Waals surface area contributed by atoms with Crippen LogP contribution < -0.4 is 24.2 Å². The number of nitrogens with one attached hydrogen (secondary N) is 2. The van der Waals surface area contributed by atoms with Gasteiger partial charge in [-0.15, -0.1) is 0 Å². The Morgan fingerprint density at radius 3 is 2.08 bits per heavy atom. The molecule has 1 atom stereocenters. The van der Waals surface area contributed by atoms with Crippen LogP contribution in [-0.2, 0) is 21.2 Å². The lowest BCUT2D eigenvalue weighted by molar-refractivity contribution is -0.117. The summed E-state index contributed by atoms with van der Waals surface area (Å²) < 4.78 is 45.7. The second-order valence-electron chi connectivity index (χ2n) is 8.28. The molecule has 0 aromatic heterocycles. The van der Waals surface area contributed by atoms with Gasteiger partial charge in [-0.1, -0.05) is 60.7 Å². The number of methoxy groups -OCH3 is 2. The standard InChI is InChI=1S/C29H28N2O6S/c1-35-27-18-17-23(20-28(27)36-2)38(33,34)31-25(19-21-11-5-3-6-12-21)29(32)30-24-15-9-10-16-26(24)37-22-13-7-4-8-14-22/h3-18,20,25,31H,19H2,1-2H3,(H,30,32)/t25-/m1/s1. The number of sulfonamides is 1. The summed E-state index contributed by atoms with van der Waals surface area (Å²) in [4.78, 5) is 13.5. The van der Waals surface area contributed by atoms with Crippen LogP contribution in [0.3, 0.4) is 0 Å². The Bertz CT molecular complexity index is 1480. The maximum atomic E-state index is 13.5. The molecule has 0 heterocycles. The van der Waals surface area contributed by atoms with Crippen molar-refractivity contribution < 1.29 is 27.4 Å². The van der Waals surface area contributed by atoms with Crippen LogP contribution in [0.5, 0.6) is 23.0 Å². The highest BCUT2D eigenvalue weighted by molar-refractivity contribution is 7.89. The van der Waals surface area contributed by atoms with Gasteiger partial charge in [0.15, 0.2) is 17.2 Å². The van der Waals surface area contributed by atoms with Crippen LogP contribution in [-0.4, -0.2) is 34.6 Å². The van der Waals surface area contributed by atoms with E-state index in [1.54, 1.807) is 36.4 Å². The maximum Gasteiger partial charge on any atom is 0.243 e. The lowest BCUT2D eigenvalue weighted by atomic mass is 10.1. The number of rotatable bonds is 11. The fourth-order valence-corrected chi connectivity index (χ4v) is 4.98. The highest BCUT2D eigenvalue weighted by Gasteiger charge is 2.27. The summed E-state index contributed by atoms with van der Waals surface area (Å²) in [6.07, 6.45) is 0.126. The number of carbonyl (C=O) groups excluding carboxylic acids is 1. The molecule has 1 amide bonds. The molecule has 4 aromatic carbocycles. The molecule has 196 valence electrons. The van der Waals surface area contributed by atoms with Gasteiger partial charge in [0, 0.05) is 6.07 Å². The third kappa shape index (κ3) is 6.70. The summed E-state index contributed by atoms with van der Waals surface area (Å²) in [5, 5.41) is 2.83. The smallest absolute Gasteiger partial charge is 0.243 e. The van der Waals surface area contributed by atoms with Crippen molar-refractivity contribution in [1.82, 2.24) is 4.72 Å². The minimum atomic E-state index is -4.11. The van der Waals surface area contributed by atoms with Gasteiger partial charge >= 0.3 is 0 Å². The highest BCUT2D eigenvalue weighted by Crippen LogP contribution is 2.31. The lowest BCUT2D eigenvalue weighted by Gasteiger charge is -2.20. The molecule has 0 saturated heterocycles.